The molecule has 7 nitrogen and oxygen atoms in total. The molecule has 1 aliphatic rings. The first-order valence-corrected chi connectivity index (χ1v) is 11.9. The van der Waals surface area contributed by atoms with Crippen molar-refractivity contribution in [3.8, 4) is 16.2 Å². The molecule has 4 rings (SSSR count). The van der Waals surface area contributed by atoms with E-state index >= 15 is 0 Å². The minimum atomic E-state index is -0.560. The van der Waals surface area contributed by atoms with E-state index in [-0.39, 0.29) is 12.5 Å². The third kappa shape index (κ3) is 5.90. The fourth-order valence-electron chi connectivity index (χ4n) is 3.65. The average Bonchev–Trinajstić information content (AvgIpc) is 3.52. The number of carbonyl (C=O) groups excluding carboxylic acids is 2. The number of likely N-dealkylation sites (tertiary alicyclic amines) is 1. The quantitative estimate of drug-likeness (QED) is 0.486. The zero-order valence-corrected chi connectivity index (χ0v) is 19.3. The Kier molecular flexibility index (Phi) is 7.57. The van der Waals surface area contributed by atoms with Gasteiger partial charge < -0.3 is 14.8 Å². The molecule has 172 valence electrons. The molecule has 0 saturated carbocycles. The van der Waals surface area contributed by atoms with Crippen LogP contribution in [-0.4, -0.2) is 41.1 Å². The molecule has 3 aromatic rings. The average molecular weight is 466 g/mol. The zero-order chi connectivity index (χ0) is 23.0. The van der Waals surface area contributed by atoms with Crippen molar-refractivity contribution in [1.29, 1.82) is 0 Å². The second kappa shape index (κ2) is 11.0. The van der Waals surface area contributed by atoms with Gasteiger partial charge in [-0.05, 0) is 54.7 Å². The van der Waals surface area contributed by atoms with Crippen LogP contribution >= 0.6 is 11.3 Å². The molecule has 2 heterocycles. The molecule has 0 unspecified atom stereocenters. The molecule has 1 aromatic heterocycles. The number of thiazole rings is 1. The molecule has 0 radical (unpaired) electrons. The number of benzene rings is 2. The van der Waals surface area contributed by atoms with E-state index in [0.29, 0.717) is 24.7 Å². The summed E-state index contributed by atoms with van der Waals surface area (Å²) in [7, 11) is 0. The maximum Gasteiger partial charge on any atom is 0.410 e. The molecule has 2 amide bonds. The number of rotatable bonds is 8. The fourth-order valence-corrected chi connectivity index (χ4v) is 4.47. The van der Waals surface area contributed by atoms with Gasteiger partial charge >= 0.3 is 6.09 Å². The van der Waals surface area contributed by atoms with Crippen LogP contribution in [0.1, 0.15) is 31.7 Å². The van der Waals surface area contributed by atoms with E-state index in [2.05, 4.69) is 17.2 Å². The van der Waals surface area contributed by atoms with Crippen LogP contribution in [0.2, 0.25) is 0 Å². The molecule has 1 aliphatic heterocycles. The number of hydrogen-bond donors (Lipinski definition) is 1. The van der Waals surface area contributed by atoms with Crippen LogP contribution in [0, 0.1) is 0 Å². The number of anilines is 1. The lowest BCUT2D eigenvalue weighted by Gasteiger charge is -2.22. The molecule has 0 spiro atoms. The molecule has 1 fully saturated rings. The first kappa shape index (κ1) is 22.8. The highest BCUT2D eigenvalue weighted by Gasteiger charge is 2.35. The van der Waals surface area contributed by atoms with Crippen LogP contribution < -0.4 is 10.1 Å². The molecule has 0 aliphatic carbocycles. The number of ether oxygens (including phenoxy) is 2. The SMILES string of the molecule is CCCOc1ccc(-c2cnc(NC(=O)[C@H]3CCCN3C(=O)OCc3ccccc3)s2)cc1. The second-order valence-corrected chi connectivity index (χ2v) is 8.81. The number of nitrogens with zero attached hydrogens (tertiary/aromatic N) is 2. The van der Waals surface area contributed by atoms with E-state index in [1.807, 2.05) is 54.6 Å². The predicted octanol–water partition coefficient (Wildman–Crippen LogP) is 5.34. The minimum absolute atomic E-state index is 0.183. The topological polar surface area (TPSA) is 80.8 Å². The van der Waals surface area contributed by atoms with Crippen LogP contribution in [0.4, 0.5) is 9.93 Å². The Balaban J connectivity index is 1.34. The van der Waals surface area contributed by atoms with Crippen LogP contribution in [0.15, 0.2) is 60.8 Å². The summed E-state index contributed by atoms with van der Waals surface area (Å²) in [4.78, 5) is 32.2. The summed E-state index contributed by atoms with van der Waals surface area (Å²) >= 11 is 1.40. The maximum atomic E-state index is 12.9. The van der Waals surface area contributed by atoms with Crippen LogP contribution in [0.25, 0.3) is 10.4 Å². The highest BCUT2D eigenvalue weighted by Crippen LogP contribution is 2.31. The molecule has 1 saturated heterocycles. The highest BCUT2D eigenvalue weighted by molar-refractivity contribution is 7.19. The Morgan fingerprint density at radius 2 is 1.94 bits per heavy atom. The second-order valence-electron chi connectivity index (χ2n) is 7.78. The summed E-state index contributed by atoms with van der Waals surface area (Å²) in [5, 5.41) is 3.37. The summed E-state index contributed by atoms with van der Waals surface area (Å²) in [6.45, 7) is 3.44. The van der Waals surface area contributed by atoms with E-state index in [4.69, 9.17) is 9.47 Å². The van der Waals surface area contributed by atoms with Gasteiger partial charge in [0.1, 0.15) is 18.4 Å². The van der Waals surface area contributed by atoms with E-state index in [1.165, 1.54) is 16.2 Å². The zero-order valence-electron chi connectivity index (χ0n) is 18.5. The third-order valence-electron chi connectivity index (χ3n) is 5.34. The summed E-state index contributed by atoms with van der Waals surface area (Å²) in [5.74, 6) is 0.590. The predicted molar refractivity (Wildman–Crippen MR) is 128 cm³/mol. The third-order valence-corrected chi connectivity index (χ3v) is 6.30. The summed E-state index contributed by atoms with van der Waals surface area (Å²) in [6.07, 6.45) is 3.59. The minimum Gasteiger partial charge on any atom is -0.494 e. The van der Waals surface area contributed by atoms with Gasteiger partial charge in [-0.1, -0.05) is 48.6 Å². The van der Waals surface area contributed by atoms with Crippen LogP contribution in [0.5, 0.6) is 5.75 Å². The van der Waals surface area contributed by atoms with Gasteiger partial charge in [-0.15, -0.1) is 0 Å². The van der Waals surface area contributed by atoms with Gasteiger partial charge in [0, 0.05) is 12.7 Å². The number of nitrogens with one attached hydrogen (secondary N) is 1. The molecule has 33 heavy (non-hydrogen) atoms. The number of hydrogen-bond acceptors (Lipinski definition) is 6. The lowest BCUT2D eigenvalue weighted by molar-refractivity contribution is -0.120. The Morgan fingerprint density at radius 3 is 2.70 bits per heavy atom. The molecule has 0 bridgehead atoms. The summed E-state index contributed by atoms with van der Waals surface area (Å²) in [5.41, 5.74) is 1.91. The van der Waals surface area contributed by atoms with Gasteiger partial charge in [-0.3, -0.25) is 9.69 Å². The fraction of sp³-hybridized carbons (Fsp3) is 0.320. The number of amides is 2. The molecule has 8 heteroatoms. The molecular weight excluding hydrogens is 438 g/mol. The number of carbonyl (C=O) groups is 2. The summed E-state index contributed by atoms with van der Waals surface area (Å²) < 4.78 is 11.0. The van der Waals surface area contributed by atoms with Gasteiger partial charge in [0.05, 0.1) is 11.5 Å². The Morgan fingerprint density at radius 1 is 1.15 bits per heavy atom. The van der Waals surface area contributed by atoms with Crippen molar-refractivity contribution in [2.24, 2.45) is 0 Å². The van der Waals surface area contributed by atoms with Gasteiger partial charge in [0.15, 0.2) is 5.13 Å². The van der Waals surface area contributed by atoms with E-state index in [9.17, 15) is 9.59 Å². The van der Waals surface area contributed by atoms with Crippen molar-refractivity contribution in [3.05, 3.63) is 66.4 Å². The normalized spacial score (nSPS) is 15.3. The maximum absolute atomic E-state index is 12.9. The van der Waals surface area contributed by atoms with Crippen molar-refractivity contribution >= 4 is 28.5 Å². The molecule has 1 N–H and O–H groups in total. The van der Waals surface area contributed by atoms with Crippen molar-refractivity contribution < 1.29 is 19.1 Å². The molecular formula is C25H27N3O4S. The van der Waals surface area contributed by atoms with E-state index in [0.717, 1.165) is 34.6 Å². The van der Waals surface area contributed by atoms with Crippen molar-refractivity contribution in [1.82, 2.24) is 9.88 Å². The first-order valence-electron chi connectivity index (χ1n) is 11.1. The monoisotopic (exact) mass is 465 g/mol. The first-order chi connectivity index (χ1) is 16.1. The van der Waals surface area contributed by atoms with Crippen LogP contribution in [-0.2, 0) is 16.1 Å². The number of aromatic nitrogens is 1. The lowest BCUT2D eigenvalue weighted by Crippen LogP contribution is -2.43. The summed E-state index contributed by atoms with van der Waals surface area (Å²) in [6, 6.07) is 16.7. The van der Waals surface area contributed by atoms with Crippen molar-refractivity contribution in [3.63, 3.8) is 0 Å². The highest BCUT2D eigenvalue weighted by atomic mass is 32.1. The largest absolute Gasteiger partial charge is 0.494 e. The molecule has 1 atom stereocenters. The molecule has 2 aromatic carbocycles. The van der Waals surface area contributed by atoms with E-state index < -0.39 is 12.1 Å². The van der Waals surface area contributed by atoms with E-state index in [1.54, 1.807) is 6.20 Å². The Hall–Kier alpha value is -3.39. The van der Waals surface area contributed by atoms with Gasteiger partial charge in [0.2, 0.25) is 5.91 Å². The van der Waals surface area contributed by atoms with Crippen molar-refractivity contribution in [2.45, 2.75) is 38.8 Å². The van der Waals surface area contributed by atoms with Gasteiger partial charge in [0.25, 0.3) is 0 Å². The lowest BCUT2D eigenvalue weighted by atomic mass is 10.2. The van der Waals surface area contributed by atoms with Gasteiger partial charge in [-0.25, -0.2) is 9.78 Å². The smallest absolute Gasteiger partial charge is 0.410 e. The van der Waals surface area contributed by atoms with Crippen molar-refractivity contribution in [2.75, 3.05) is 18.5 Å². The standard InChI is InChI=1S/C25H27N3O4S/c1-2-15-31-20-12-10-19(11-13-20)22-16-26-24(33-22)27-23(29)21-9-6-14-28(21)25(30)32-17-18-7-4-3-5-8-18/h3-5,7-8,10-13,16,21H,2,6,9,14-15,17H2,1H3,(H,26,27,29)/t21-/m1/s1. The Labute approximate surface area is 197 Å². The van der Waals surface area contributed by atoms with Crippen LogP contribution in [0.3, 0.4) is 0 Å². The van der Waals surface area contributed by atoms with Gasteiger partial charge in [-0.2, -0.15) is 0 Å². The Bertz CT molecular complexity index is 1070.